The molecule has 9 rings (SSSR count). The van der Waals surface area contributed by atoms with E-state index in [1.807, 2.05) is 24.3 Å². The summed E-state index contributed by atoms with van der Waals surface area (Å²) in [4.78, 5) is 143. The topological polar surface area (TPSA) is 406 Å². The number of unbranched alkanes of at least 4 members (excludes halogenated alkanes) is 1. The molecule has 0 aliphatic carbocycles. The second-order valence-corrected chi connectivity index (χ2v) is 26.7. The number of aromatic amines is 3. The Morgan fingerprint density at radius 2 is 1.35 bits per heavy atom. The minimum Gasteiger partial charge on any atom is -0.508 e. The van der Waals surface area contributed by atoms with E-state index in [1.54, 1.807) is 18.3 Å². The number of imidazole rings is 1. The molecule has 2 aliphatic rings. The standard InChI is InChI=1S/C68H83F2N15O11S2/c1-38(86)61-67(95)79-47(28-46-31-73-37-78-46)32-76-56(23-39-10-14-48(87)15-11-39)68(96)85-20-5-9-58(85)66(94)83-57(62(72)90)36-98-35-41-7-4-6-40(22-41)34-97-21-18-59(88)80-53(8-2-3-19-71)63(91)77-33-60(89)81-54(24-42-29-74-51-16-12-44(69)26-49(42)51)64(92)82-55(65(93)84-61)25-43-30-75-52-17-13-45(70)27-50(43)52/h4,6-7,10-17,22,26-27,29-31,37-38,47,53-58,61,74-76,86-87H,2-3,5,8-9,18-21,23-25,28,32-36,71H2,1H3,(H2,72,90)(H,73,78)(H,77,91)(H,79,95)(H,80,88)(H,81,89)(H,82,92)(H,83,94)(H,84,93)/t38-,47+,53+,54+,55+,56+,57+,58+,61+/m1/s1. The van der Waals surface area contributed by atoms with Gasteiger partial charge in [0.25, 0.3) is 0 Å². The largest absolute Gasteiger partial charge is 0.508 e. The highest BCUT2D eigenvalue weighted by Gasteiger charge is 2.40. The Labute approximate surface area is 572 Å². The van der Waals surface area contributed by atoms with Gasteiger partial charge in [-0.1, -0.05) is 36.4 Å². The van der Waals surface area contributed by atoms with Gasteiger partial charge in [-0.15, -0.1) is 0 Å². The first-order chi connectivity index (χ1) is 47.2. The lowest BCUT2D eigenvalue weighted by molar-refractivity contribution is -0.140. The molecule has 98 heavy (non-hydrogen) atoms. The summed E-state index contributed by atoms with van der Waals surface area (Å²) in [6.45, 7) is 0.913. The van der Waals surface area contributed by atoms with Crippen LogP contribution in [0.4, 0.5) is 8.78 Å². The van der Waals surface area contributed by atoms with E-state index < -0.39 is 126 Å². The smallest absolute Gasteiger partial charge is 0.245 e. The fourth-order valence-corrected chi connectivity index (χ4v) is 13.8. The van der Waals surface area contributed by atoms with Crippen molar-refractivity contribution in [2.75, 3.05) is 37.7 Å². The van der Waals surface area contributed by atoms with Crippen LogP contribution in [-0.2, 0) is 80.3 Å². The van der Waals surface area contributed by atoms with Gasteiger partial charge in [-0.05, 0) is 128 Å². The normalized spacial score (nSPS) is 22.7. The summed E-state index contributed by atoms with van der Waals surface area (Å²) in [7, 11) is 0. The van der Waals surface area contributed by atoms with Crippen LogP contribution < -0.4 is 54.0 Å². The molecule has 522 valence electrons. The Bertz CT molecular complexity index is 3930. The maximum Gasteiger partial charge on any atom is 0.245 e. The van der Waals surface area contributed by atoms with Crippen LogP contribution in [0.3, 0.4) is 0 Å². The van der Waals surface area contributed by atoms with E-state index >= 15 is 14.4 Å². The van der Waals surface area contributed by atoms with E-state index in [9.17, 15) is 47.8 Å². The zero-order valence-corrected chi connectivity index (χ0v) is 55.6. The average Bonchev–Trinajstić information content (AvgIpc) is 1.64. The lowest BCUT2D eigenvalue weighted by atomic mass is 10.0. The molecule has 7 aromatic rings. The molecule has 9 atom stereocenters. The first kappa shape index (κ1) is 72.9. The third-order valence-corrected chi connectivity index (χ3v) is 19.2. The van der Waals surface area contributed by atoms with Gasteiger partial charge in [-0.3, -0.25) is 43.2 Å². The van der Waals surface area contributed by atoms with E-state index in [0.717, 1.165) is 11.1 Å². The summed E-state index contributed by atoms with van der Waals surface area (Å²) >= 11 is 2.87. The van der Waals surface area contributed by atoms with Crippen molar-refractivity contribution in [2.45, 2.75) is 137 Å². The number of thioether (sulfide) groups is 2. The van der Waals surface area contributed by atoms with Crippen molar-refractivity contribution < 1.29 is 62.1 Å². The molecule has 0 unspecified atom stereocenters. The molecule has 0 spiro atoms. The van der Waals surface area contributed by atoms with Gasteiger partial charge < -0.3 is 84.1 Å². The third-order valence-electron chi connectivity index (χ3n) is 17.1. The van der Waals surface area contributed by atoms with Gasteiger partial charge in [-0.2, -0.15) is 23.5 Å². The van der Waals surface area contributed by atoms with Crippen molar-refractivity contribution in [3.05, 3.63) is 155 Å². The van der Waals surface area contributed by atoms with Gasteiger partial charge in [-0.25, -0.2) is 13.8 Å². The predicted molar refractivity (Wildman–Crippen MR) is 366 cm³/mol. The van der Waals surface area contributed by atoms with Crippen LogP contribution in [-0.4, -0.2) is 180 Å². The monoisotopic (exact) mass is 1390 g/mol. The number of benzene rings is 4. The molecule has 2 bridgehead atoms. The zero-order chi connectivity index (χ0) is 69.8. The van der Waals surface area contributed by atoms with Gasteiger partial charge in [0.15, 0.2) is 0 Å². The van der Waals surface area contributed by atoms with Crippen LogP contribution in [0.1, 0.15) is 79.0 Å². The van der Waals surface area contributed by atoms with Crippen molar-refractivity contribution in [1.82, 2.24) is 67.4 Å². The molecule has 30 heteroatoms. The lowest BCUT2D eigenvalue weighted by Crippen LogP contribution is -2.61. The number of aromatic hydroxyl groups is 1. The summed E-state index contributed by atoms with van der Waals surface area (Å²) in [6.07, 6.45) is 5.73. The molecular formula is C68H83F2N15O11S2. The Kier molecular flexibility index (Phi) is 26.2. The number of aromatic nitrogens is 4. The highest BCUT2D eigenvalue weighted by molar-refractivity contribution is 7.98. The van der Waals surface area contributed by atoms with Crippen LogP contribution in [0.15, 0.2) is 110 Å². The van der Waals surface area contributed by atoms with E-state index in [0.29, 0.717) is 87.3 Å². The number of carbonyl (C=O) groups is 9. The van der Waals surface area contributed by atoms with Gasteiger partial charge in [0.05, 0.1) is 30.7 Å². The number of aliphatic hydroxyl groups excluding tert-OH is 1. The molecule has 1 fully saturated rings. The average molecular weight is 1390 g/mol. The molecule has 9 amide bonds. The molecule has 5 heterocycles. The number of fused-ring (bicyclic) bond motifs is 5. The summed E-state index contributed by atoms with van der Waals surface area (Å²) in [5.41, 5.74) is 16.3. The number of hydrogen-bond donors (Lipinski definition) is 15. The lowest BCUT2D eigenvalue weighted by Gasteiger charge is -2.31. The van der Waals surface area contributed by atoms with Crippen LogP contribution in [0.2, 0.25) is 0 Å². The van der Waals surface area contributed by atoms with Crippen molar-refractivity contribution >= 4 is 98.5 Å². The van der Waals surface area contributed by atoms with Crippen molar-refractivity contribution in [3.63, 3.8) is 0 Å². The Hall–Kier alpha value is -9.36. The third kappa shape index (κ3) is 20.6. The summed E-state index contributed by atoms with van der Waals surface area (Å²) in [6, 6.07) is 11.7. The number of H-pyrrole nitrogens is 3. The Morgan fingerprint density at radius 1 is 0.694 bits per heavy atom. The maximum absolute atomic E-state index is 15.0. The van der Waals surface area contributed by atoms with E-state index in [1.165, 1.54) is 103 Å². The number of nitrogens with zero attached hydrogens (tertiary/aromatic N) is 2. The molecule has 2 aliphatic heterocycles. The van der Waals surface area contributed by atoms with E-state index in [-0.39, 0.29) is 69.5 Å². The highest BCUT2D eigenvalue weighted by Crippen LogP contribution is 2.26. The molecule has 26 nitrogen and oxygen atoms in total. The maximum atomic E-state index is 15.0. The number of nitrogens with one attached hydrogen (secondary N) is 11. The number of hydrogen-bond acceptors (Lipinski definition) is 16. The number of phenols is 1. The fourth-order valence-electron chi connectivity index (χ4n) is 11.9. The van der Waals surface area contributed by atoms with Gasteiger partial charge in [0, 0.05) is 108 Å². The first-order valence-corrected chi connectivity index (χ1v) is 34.8. The van der Waals surface area contributed by atoms with Crippen molar-refractivity contribution in [2.24, 2.45) is 11.5 Å². The fraction of sp³-hybridized carbons (Fsp3) is 0.412. The van der Waals surface area contributed by atoms with Crippen LogP contribution in [0.25, 0.3) is 21.8 Å². The SMILES string of the molecule is C[C@@H](O)[C@@H]1NC(=O)[C@H](Cc2c[nH]c3ccc(F)cc23)NC(=O)[C@H](Cc2c[nH]c3ccc(F)cc23)NC(=O)CNC(=O)[C@H](CCCCN)NC(=O)CCSCc2cccc(c2)CSC[C@@H](C(N)=O)NC(=O)[C@@H]2CCCN2C(=O)[C@H](Cc2ccc(O)cc2)NC[C@H](Cc2c[nH]cn2)NC1=O. The van der Waals surface area contributed by atoms with Crippen LogP contribution in [0.5, 0.6) is 5.75 Å². The van der Waals surface area contributed by atoms with Crippen LogP contribution in [0, 0.1) is 11.6 Å². The molecular weight excluding hydrogens is 1300 g/mol. The molecule has 0 radical (unpaired) electrons. The van der Waals surface area contributed by atoms with Gasteiger partial charge in [0.2, 0.25) is 53.2 Å². The summed E-state index contributed by atoms with van der Waals surface area (Å²) in [5, 5.41) is 44.7. The Balaban J connectivity index is 1.03. The van der Waals surface area contributed by atoms with Gasteiger partial charge >= 0.3 is 0 Å². The number of phenolic OH excluding ortho intramolecular Hbond substituents is 1. The van der Waals surface area contributed by atoms with Crippen LogP contribution >= 0.6 is 23.5 Å². The number of carbonyl (C=O) groups excluding carboxylic acids is 9. The molecule has 17 N–H and O–H groups in total. The number of primary amides is 1. The number of nitrogens with two attached hydrogens (primary N) is 2. The number of halogens is 2. The molecule has 3 aromatic heterocycles. The van der Waals surface area contributed by atoms with E-state index in [2.05, 4.69) is 62.5 Å². The number of amides is 9. The Morgan fingerprint density at radius 3 is 1.99 bits per heavy atom. The summed E-state index contributed by atoms with van der Waals surface area (Å²) < 4.78 is 29.8. The number of rotatable bonds is 14. The highest BCUT2D eigenvalue weighted by atomic mass is 32.2. The summed E-state index contributed by atoms with van der Waals surface area (Å²) in [5.74, 6) is -6.48. The van der Waals surface area contributed by atoms with E-state index in [4.69, 9.17) is 11.5 Å². The second kappa shape index (κ2) is 35.2. The van der Waals surface area contributed by atoms with Gasteiger partial charge in [0.1, 0.15) is 53.6 Å². The molecule has 1 saturated heterocycles. The zero-order valence-electron chi connectivity index (χ0n) is 54.0. The molecule has 4 aromatic carbocycles. The van der Waals surface area contributed by atoms with Crippen molar-refractivity contribution in [3.8, 4) is 5.75 Å². The predicted octanol–water partition coefficient (Wildman–Crippen LogP) is 2.17. The minimum atomic E-state index is -1.75. The minimum absolute atomic E-state index is 0.0201. The van der Waals surface area contributed by atoms with Crippen molar-refractivity contribution in [1.29, 1.82) is 0 Å². The quantitative estimate of drug-likeness (QED) is 0.0694. The number of aliphatic hydroxyl groups is 1. The first-order valence-electron chi connectivity index (χ1n) is 32.5. The second-order valence-electron chi connectivity index (χ2n) is 24.5. The molecule has 0 saturated carbocycles.